The fourth-order valence-corrected chi connectivity index (χ4v) is 0. The fourth-order valence-electron chi connectivity index (χ4n) is 0. The zero-order valence-corrected chi connectivity index (χ0v) is 6.89. The molecule has 0 bridgehead atoms. The van der Waals surface area contributed by atoms with E-state index < -0.39 is 0 Å². The average Bonchev–Trinajstić information content (AvgIpc) is 1.38. The number of hydrogen-bond acceptors (Lipinski definition) is 0. The Morgan fingerprint density at radius 1 is 1.50 bits per heavy atom. The van der Waals surface area contributed by atoms with Gasteiger partial charge in [-0.3, -0.25) is 0 Å². The van der Waals surface area contributed by atoms with Gasteiger partial charge in [-0.1, -0.05) is 13.8 Å². The summed E-state index contributed by atoms with van der Waals surface area (Å²) < 4.78 is 0.789. The van der Waals surface area contributed by atoms with Crippen LogP contribution in [-0.4, -0.2) is 19.3 Å². The van der Waals surface area contributed by atoms with Crippen LogP contribution in [0.3, 0.4) is 0 Å². The van der Waals surface area contributed by atoms with E-state index in [4.69, 9.17) is 9.07 Å². The summed E-state index contributed by atoms with van der Waals surface area (Å²) in [5.74, 6) is 0. The van der Waals surface area contributed by atoms with E-state index in [1.165, 1.54) is 0 Å². The molecule has 0 radical (unpaired) electrons. The van der Waals surface area contributed by atoms with Crippen LogP contribution < -0.4 is 0 Å². The van der Waals surface area contributed by atoms with Gasteiger partial charge in [-0.25, -0.2) is 0 Å². The van der Waals surface area contributed by atoms with Crippen molar-refractivity contribution < 1.29 is 37.7 Å². The van der Waals surface area contributed by atoms with Gasteiger partial charge in [-0.15, -0.1) is 4.05 Å². The van der Waals surface area contributed by atoms with Gasteiger partial charge in [0.1, 0.15) is 0 Å². The third-order valence-corrected chi connectivity index (χ3v) is 2.78. The van der Waals surface area contributed by atoms with E-state index in [-0.39, 0.29) is 57.0 Å². The molecule has 0 aromatic carbocycles. The quantitative estimate of drug-likeness (QED) is 0.489. The zero-order chi connectivity index (χ0) is 4.28. The number of rotatable bonds is 1. The van der Waals surface area contributed by atoms with Crippen molar-refractivity contribution in [2.75, 3.05) is 0 Å². The summed E-state index contributed by atoms with van der Waals surface area (Å²) in [4.78, 5) is 0. The van der Waals surface area contributed by atoms with Crippen molar-refractivity contribution in [2.24, 2.45) is 0 Å². The van der Waals surface area contributed by atoms with Crippen LogP contribution in [0.5, 0.6) is 0 Å². The maximum Gasteiger partial charge on any atom is 0.503 e. The Balaban J connectivity index is 0. The monoisotopic (exact) mass is 142 g/mol. The van der Waals surface area contributed by atoms with Crippen LogP contribution in [0.15, 0.2) is 0 Å². The minimum absolute atomic E-state index is 0. The Morgan fingerprint density at radius 3 is 1.67 bits per heavy atom. The first-order valence-corrected chi connectivity index (χ1v) is 4.78. The van der Waals surface area contributed by atoms with Gasteiger partial charge >= 0.3 is 19.3 Å². The molecule has 0 aliphatic rings. The summed E-state index contributed by atoms with van der Waals surface area (Å²) in [5.41, 5.74) is 0. The van der Waals surface area contributed by atoms with Crippen molar-refractivity contribution in [3.63, 3.8) is 0 Å². The standard InChI is InChI=1S/C3H7.Ar.ClH.Mg/c1-3-2;;;/h3H,1-2H3;;1H;/q;;;+1/p-1. The Bertz CT molecular complexity index is 24.8. The fraction of sp³-hybridized carbons (Fsp3) is 1.00. The first-order valence-electron chi connectivity index (χ1n) is 1.83. The molecule has 0 amide bonds. The molecule has 0 fully saturated rings. The summed E-state index contributed by atoms with van der Waals surface area (Å²) in [6.45, 7) is 4.30. The van der Waals surface area contributed by atoms with Crippen LogP contribution in [0.25, 0.3) is 0 Å². The van der Waals surface area contributed by atoms with Crippen molar-refractivity contribution in [3.8, 4) is 0 Å². The summed E-state index contributed by atoms with van der Waals surface area (Å²) in [7, 11) is 5.48. The van der Waals surface area contributed by atoms with E-state index in [2.05, 4.69) is 13.8 Å². The Morgan fingerprint density at radius 2 is 1.67 bits per heavy atom. The van der Waals surface area contributed by atoms with Crippen molar-refractivity contribution in [1.29, 1.82) is 0 Å². The topological polar surface area (TPSA) is 0 Å². The first-order chi connectivity index (χ1) is 2.27. The van der Waals surface area contributed by atoms with Gasteiger partial charge in [0.05, 0.1) is 0 Å². The Hall–Kier alpha value is 2.32. The SMILES string of the molecule is C[CH](C)[Mg][Cl].[Ar]. The predicted octanol–water partition coefficient (Wildman–Crippen LogP) is 1.67. The van der Waals surface area contributed by atoms with E-state index in [9.17, 15) is 0 Å². The van der Waals surface area contributed by atoms with E-state index in [1.54, 1.807) is 0 Å². The summed E-state index contributed by atoms with van der Waals surface area (Å²) in [6.07, 6.45) is 0. The molecular formula is C3H7ArClMg. The molecule has 0 N–H and O–H groups in total. The normalized spacial score (nSPS) is 6.67. The van der Waals surface area contributed by atoms with Crippen LogP contribution in [0.2, 0.25) is 4.05 Å². The molecule has 0 heterocycles. The van der Waals surface area contributed by atoms with Gasteiger partial charge in [0, 0.05) is 37.7 Å². The van der Waals surface area contributed by atoms with Crippen LogP contribution in [-0.2, 0) is 0 Å². The number of hydrogen-bond donors (Lipinski definition) is 0. The van der Waals surface area contributed by atoms with Gasteiger partial charge < -0.3 is 9.07 Å². The third-order valence-electron chi connectivity index (χ3n) is 0.309. The minimum Gasteiger partial charge on any atom is -0.346 e. The summed E-state index contributed by atoms with van der Waals surface area (Å²) in [6, 6.07) is 0. The van der Waals surface area contributed by atoms with Gasteiger partial charge in [0.15, 0.2) is 0 Å². The molecule has 0 unspecified atom stereocenters. The summed E-state index contributed by atoms with van der Waals surface area (Å²) >= 11 is -0.179. The van der Waals surface area contributed by atoms with Crippen molar-refractivity contribution in [3.05, 3.63) is 0 Å². The van der Waals surface area contributed by atoms with Crippen molar-refractivity contribution >= 4 is 28.3 Å². The molecule has 6 heavy (non-hydrogen) atoms. The molecule has 0 rings (SSSR count). The molecule has 0 atom stereocenters. The second-order valence-corrected chi connectivity index (χ2v) is 4.42. The second kappa shape index (κ2) is 7.32. The van der Waals surface area contributed by atoms with E-state index >= 15 is 0 Å². The molecule has 0 aromatic heterocycles. The average molecular weight is 143 g/mol. The zero-order valence-electron chi connectivity index (χ0n) is 4.02. The van der Waals surface area contributed by atoms with E-state index in [0.29, 0.717) is 0 Å². The summed E-state index contributed by atoms with van der Waals surface area (Å²) in [5, 5.41) is 0. The largest absolute Gasteiger partial charge is 0.503 e. The molecule has 0 saturated heterocycles. The molecule has 0 nitrogen and oxygen atoms in total. The Labute approximate surface area is 82.5 Å². The van der Waals surface area contributed by atoms with E-state index in [0.717, 1.165) is 4.05 Å². The van der Waals surface area contributed by atoms with Crippen LogP contribution in [0, 0.1) is 37.7 Å². The molecule has 0 saturated carbocycles. The third kappa shape index (κ3) is 9.58. The van der Waals surface area contributed by atoms with Crippen LogP contribution >= 0.6 is 9.07 Å². The molecule has 36 valence electrons. The predicted molar refractivity (Wildman–Crippen MR) is 26.7 cm³/mol. The van der Waals surface area contributed by atoms with Crippen molar-refractivity contribution in [2.45, 2.75) is 17.9 Å². The molecule has 0 spiro atoms. The minimum atomic E-state index is -0.179. The molecule has 3 heteroatoms. The maximum absolute atomic E-state index is 5.48. The number of halogens is 1. The van der Waals surface area contributed by atoms with E-state index in [1.807, 2.05) is 0 Å². The maximum atomic E-state index is 5.48. The van der Waals surface area contributed by atoms with Gasteiger partial charge in [0.25, 0.3) is 0 Å². The van der Waals surface area contributed by atoms with Gasteiger partial charge in [-0.05, 0) is 0 Å². The molecule has 0 aliphatic carbocycles. The second-order valence-electron chi connectivity index (χ2n) is 1.55. The van der Waals surface area contributed by atoms with Crippen LogP contribution in [0.4, 0.5) is 0 Å². The van der Waals surface area contributed by atoms with Gasteiger partial charge in [-0.2, -0.15) is 0 Å². The molecule has 0 aliphatic heterocycles. The van der Waals surface area contributed by atoms with Crippen molar-refractivity contribution in [1.82, 2.24) is 0 Å². The van der Waals surface area contributed by atoms with Crippen LogP contribution in [0.1, 0.15) is 13.8 Å². The Kier molecular flexibility index (Phi) is 13.6. The van der Waals surface area contributed by atoms with Gasteiger partial charge in [0.2, 0.25) is 0 Å². The molecule has 0 aromatic rings. The first kappa shape index (κ1) is 11.2. The molecular weight excluding hydrogens is 136 g/mol. The smallest absolute Gasteiger partial charge is 0.346 e.